The molecule has 0 aliphatic heterocycles. The number of nitrogens with zero attached hydrogens (tertiary/aromatic N) is 1. The third kappa shape index (κ3) is 5.58. The summed E-state index contributed by atoms with van der Waals surface area (Å²) < 4.78 is 8.85. The van der Waals surface area contributed by atoms with Gasteiger partial charge in [0, 0.05) is 48.0 Å². The van der Waals surface area contributed by atoms with E-state index in [0.717, 1.165) is 50.1 Å². The van der Waals surface area contributed by atoms with E-state index in [9.17, 15) is 0 Å². The Labute approximate surface area is 375 Å². The Morgan fingerprint density at radius 2 is 0.922 bits per heavy atom. The molecule has 1 aliphatic rings. The summed E-state index contributed by atoms with van der Waals surface area (Å²) in [4.78, 5) is 2.44. The summed E-state index contributed by atoms with van der Waals surface area (Å²) in [6.07, 6.45) is 0. The van der Waals surface area contributed by atoms with Crippen LogP contribution in [0.1, 0.15) is 22.3 Å². The Hall–Kier alpha value is -7.98. The molecule has 12 aromatic rings. The average molecular weight is 834 g/mol. The van der Waals surface area contributed by atoms with Crippen LogP contribution in [0.25, 0.3) is 75.5 Å². The Balaban J connectivity index is 1.02. The van der Waals surface area contributed by atoms with Crippen LogP contribution in [0, 0.1) is 0 Å². The molecule has 0 unspecified atom stereocenters. The van der Waals surface area contributed by atoms with Gasteiger partial charge in [0.05, 0.1) is 5.41 Å². The minimum atomic E-state index is -0.476. The van der Waals surface area contributed by atoms with Gasteiger partial charge in [0.1, 0.15) is 11.2 Å². The van der Waals surface area contributed by atoms with E-state index in [1.807, 2.05) is 23.5 Å². The number of thiophene rings is 1. The molecule has 0 N–H and O–H groups in total. The smallest absolute Gasteiger partial charge is 0.135 e. The standard InChI is InChI=1S/C61H39NOS/c1-3-18-43(19-4-1)61(44-20-5-2-6-21-44)55-29-10-7-24-49(55)53-39-47(33-34-56(53)61)62(45-22-13-16-40(36-45)41-32-35-58-54(38-41)50-25-8-11-30-57(50)63-58)46-23-14-17-42(37-46)48-27-15-28-52-51-26-9-12-31-59(51)64-60(48)52/h1-39H. The molecular formula is C61H39NOS. The van der Waals surface area contributed by atoms with Crippen LogP contribution in [-0.2, 0) is 5.41 Å². The molecule has 1 aliphatic carbocycles. The molecule has 3 heteroatoms. The second-order valence-electron chi connectivity index (χ2n) is 16.8. The Morgan fingerprint density at radius 1 is 0.344 bits per heavy atom. The van der Waals surface area contributed by atoms with Crippen molar-refractivity contribution >= 4 is 70.5 Å². The monoisotopic (exact) mass is 833 g/mol. The lowest BCUT2D eigenvalue weighted by Gasteiger charge is -2.34. The zero-order chi connectivity index (χ0) is 42.2. The average Bonchev–Trinajstić information content (AvgIpc) is 4.03. The predicted molar refractivity (Wildman–Crippen MR) is 269 cm³/mol. The van der Waals surface area contributed by atoms with Crippen molar-refractivity contribution in [2.24, 2.45) is 0 Å². The first-order chi connectivity index (χ1) is 31.7. The van der Waals surface area contributed by atoms with Gasteiger partial charge in [-0.2, -0.15) is 0 Å². The van der Waals surface area contributed by atoms with E-state index < -0.39 is 5.41 Å². The van der Waals surface area contributed by atoms with E-state index >= 15 is 0 Å². The number of benzene rings is 10. The van der Waals surface area contributed by atoms with Crippen molar-refractivity contribution in [1.29, 1.82) is 0 Å². The second kappa shape index (κ2) is 14.6. The topological polar surface area (TPSA) is 16.4 Å². The summed E-state index contributed by atoms with van der Waals surface area (Å²) in [5, 5.41) is 4.85. The zero-order valence-electron chi connectivity index (χ0n) is 34.8. The van der Waals surface area contributed by atoms with E-state index in [1.165, 1.54) is 64.7 Å². The largest absolute Gasteiger partial charge is 0.456 e. The van der Waals surface area contributed by atoms with Gasteiger partial charge in [0.2, 0.25) is 0 Å². The van der Waals surface area contributed by atoms with Crippen molar-refractivity contribution in [2.75, 3.05) is 4.90 Å². The molecule has 64 heavy (non-hydrogen) atoms. The number of fused-ring (bicyclic) bond motifs is 9. The quantitative estimate of drug-likeness (QED) is 0.159. The Bertz CT molecular complexity index is 3710. The van der Waals surface area contributed by atoms with Gasteiger partial charge in [-0.3, -0.25) is 0 Å². The maximum Gasteiger partial charge on any atom is 0.135 e. The molecule has 0 radical (unpaired) electrons. The van der Waals surface area contributed by atoms with Crippen molar-refractivity contribution in [3.63, 3.8) is 0 Å². The number of para-hydroxylation sites is 1. The zero-order valence-corrected chi connectivity index (χ0v) is 35.6. The highest BCUT2D eigenvalue weighted by Crippen LogP contribution is 2.57. The molecule has 0 bridgehead atoms. The van der Waals surface area contributed by atoms with Crippen LogP contribution in [-0.4, -0.2) is 0 Å². The van der Waals surface area contributed by atoms with E-state index in [2.05, 4.69) is 229 Å². The normalized spacial score (nSPS) is 12.8. The second-order valence-corrected chi connectivity index (χ2v) is 17.8. The number of furan rings is 1. The molecular weight excluding hydrogens is 795 g/mol. The Kier molecular flexibility index (Phi) is 8.34. The molecule has 0 saturated carbocycles. The van der Waals surface area contributed by atoms with Crippen LogP contribution >= 0.6 is 11.3 Å². The van der Waals surface area contributed by atoms with Crippen LogP contribution in [0.15, 0.2) is 241 Å². The summed E-state index contributed by atoms with van der Waals surface area (Å²) in [6.45, 7) is 0. The summed E-state index contributed by atoms with van der Waals surface area (Å²) in [6, 6.07) is 86.7. The molecule has 0 spiro atoms. The molecule has 10 aromatic carbocycles. The van der Waals surface area contributed by atoms with Gasteiger partial charge in [-0.1, -0.05) is 176 Å². The number of hydrogen-bond acceptors (Lipinski definition) is 3. The molecule has 2 nitrogen and oxygen atoms in total. The predicted octanol–water partition coefficient (Wildman–Crippen LogP) is 17.1. The van der Waals surface area contributed by atoms with Gasteiger partial charge >= 0.3 is 0 Å². The first kappa shape index (κ1) is 36.7. The summed E-state index contributed by atoms with van der Waals surface area (Å²) >= 11 is 1.87. The summed E-state index contributed by atoms with van der Waals surface area (Å²) in [5.74, 6) is 0. The SMILES string of the molecule is c1ccc(C2(c3ccccc3)c3ccccc3-c3cc(N(c4cccc(-c5ccc6oc7ccccc7c6c5)c4)c4cccc(-c5cccc6c5sc5ccccc56)c4)ccc32)cc1. The van der Waals surface area contributed by atoms with E-state index in [1.54, 1.807) is 0 Å². The molecule has 2 aromatic heterocycles. The minimum absolute atomic E-state index is 0.476. The lowest BCUT2D eigenvalue weighted by atomic mass is 9.68. The van der Waals surface area contributed by atoms with Crippen molar-refractivity contribution < 1.29 is 4.42 Å². The first-order valence-corrected chi connectivity index (χ1v) is 22.7. The maximum atomic E-state index is 6.24. The first-order valence-electron chi connectivity index (χ1n) is 21.9. The minimum Gasteiger partial charge on any atom is -0.456 e. The Morgan fingerprint density at radius 3 is 1.73 bits per heavy atom. The molecule has 0 atom stereocenters. The van der Waals surface area contributed by atoms with Crippen molar-refractivity contribution in [1.82, 2.24) is 0 Å². The molecule has 0 saturated heterocycles. The van der Waals surface area contributed by atoms with Crippen molar-refractivity contribution in [3.05, 3.63) is 259 Å². The lowest BCUT2D eigenvalue weighted by Crippen LogP contribution is -2.28. The fraction of sp³-hybridized carbons (Fsp3) is 0.0164. The van der Waals surface area contributed by atoms with Crippen LogP contribution in [0.5, 0.6) is 0 Å². The molecule has 300 valence electrons. The third-order valence-electron chi connectivity index (χ3n) is 13.3. The molecule has 0 amide bonds. The molecule has 13 rings (SSSR count). The van der Waals surface area contributed by atoms with Crippen LogP contribution in [0.2, 0.25) is 0 Å². The van der Waals surface area contributed by atoms with Crippen LogP contribution in [0.3, 0.4) is 0 Å². The lowest BCUT2D eigenvalue weighted by molar-refractivity contribution is 0.669. The van der Waals surface area contributed by atoms with E-state index in [-0.39, 0.29) is 0 Å². The molecule has 2 heterocycles. The van der Waals surface area contributed by atoms with E-state index in [4.69, 9.17) is 4.42 Å². The van der Waals surface area contributed by atoms with Gasteiger partial charge in [0.25, 0.3) is 0 Å². The molecule has 0 fully saturated rings. The number of rotatable bonds is 7. The van der Waals surface area contributed by atoms with Crippen molar-refractivity contribution in [3.8, 4) is 33.4 Å². The highest BCUT2D eigenvalue weighted by atomic mass is 32.1. The third-order valence-corrected chi connectivity index (χ3v) is 14.6. The fourth-order valence-electron chi connectivity index (χ4n) is 10.5. The highest BCUT2D eigenvalue weighted by molar-refractivity contribution is 7.26. The van der Waals surface area contributed by atoms with Crippen molar-refractivity contribution in [2.45, 2.75) is 5.41 Å². The fourth-order valence-corrected chi connectivity index (χ4v) is 11.8. The van der Waals surface area contributed by atoms with Crippen LogP contribution < -0.4 is 4.90 Å². The summed E-state index contributed by atoms with van der Waals surface area (Å²) in [5.41, 5.74) is 16.9. The number of hydrogen-bond donors (Lipinski definition) is 0. The van der Waals surface area contributed by atoms with Gasteiger partial charge in [-0.05, 0) is 116 Å². The summed E-state index contributed by atoms with van der Waals surface area (Å²) in [7, 11) is 0. The number of anilines is 3. The maximum absolute atomic E-state index is 6.24. The van der Waals surface area contributed by atoms with Gasteiger partial charge < -0.3 is 9.32 Å². The van der Waals surface area contributed by atoms with E-state index in [0.29, 0.717) is 0 Å². The van der Waals surface area contributed by atoms with Gasteiger partial charge in [-0.25, -0.2) is 0 Å². The van der Waals surface area contributed by atoms with Gasteiger partial charge in [-0.15, -0.1) is 11.3 Å². The van der Waals surface area contributed by atoms with Gasteiger partial charge in [0.15, 0.2) is 0 Å². The highest BCUT2D eigenvalue weighted by Gasteiger charge is 2.46. The van der Waals surface area contributed by atoms with Crippen LogP contribution in [0.4, 0.5) is 17.1 Å².